The van der Waals surface area contributed by atoms with Crippen LogP contribution in [0.5, 0.6) is 11.5 Å². The minimum atomic E-state index is -0.915. The van der Waals surface area contributed by atoms with E-state index in [-0.39, 0.29) is 35.4 Å². The number of ether oxygens (including phenoxy) is 2. The first-order chi connectivity index (χ1) is 21.2. The summed E-state index contributed by atoms with van der Waals surface area (Å²) in [5, 5.41) is 9.64. The number of carboxylic acids is 1. The molecule has 1 aliphatic heterocycles. The normalized spacial score (nSPS) is 19.3. The molecule has 0 unspecified atom stereocenters. The first-order valence-corrected chi connectivity index (χ1v) is 16.2. The maximum Gasteiger partial charge on any atom is 0.305 e. The van der Waals surface area contributed by atoms with Crippen molar-refractivity contribution in [1.29, 1.82) is 0 Å². The smallest absolute Gasteiger partial charge is 0.305 e. The summed E-state index contributed by atoms with van der Waals surface area (Å²) in [7, 11) is 1.59. The fourth-order valence-electron chi connectivity index (χ4n) is 7.07. The molecule has 0 radical (unpaired) electrons. The van der Waals surface area contributed by atoms with Crippen molar-refractivity contribution in [3.05, 3.63) is 92.8 Å². The molecule has 0 atom stereocenters. The number of carboxylic acid groups (broad SMARTS) is 1. The van der Waals surface area contributed by atoms with Gasteiger partial charge in [0.25, 0.3) is 0 Å². The minimum absolute atomic E-state index is 0.00411. The summed E-state index contributed by atoms with van der Waals surface area (Å²) in [5.74, 6) is -0.390. The zero-order valence-corrected chi connectivity index (χ0v) is 28.4. The topological polar surface area (TPSA) is 93.1 Å². The number of hydrogen-bond acceptors (Lipinski definition) is 6. The molecule has 0 bridgehead atoms. The average molecular weight is 677 g/mol. The molecule has 238 valence electrons. The number of hydrogen-bond donors (Lipinski definition) is 1. The van der Waals surface area contributed by atoms with Gasteiger partial charge in [-0.15, -0.1) is 6.58 Å². The van der Waals surface area contributed by atoms with Crippen LogP contribution in [-0.2, 0) is 27.4 Å². The number of Topliss-reactive ketones (excluding diaryl/α,β-unsaturated/α-hetero) is 2. The summed E-state index contributed by atoms with van der Waals surface area (Å²) in [4.78, 5) is 42.0. The summed E-state index contributed by atoms with van der Waals surface area (Å²) in [6.45, 7) is 12.8. The van der Waals surface area contributed by atoms with E-state index in [0.29, 0.717) is 61.4 Å². The first-order valence-electron chi connectivity index (χ1n) is 15.4. The molecule has 2 aromatic carbocycles. The van der Waals surface area contributed by atoms with Crippen molar-refractivity contribution in [3.8, 4) is 11.5 Å². The molecule has 1 N–H and O–H groups in total. The second-order valence-corrected chi connectivity index (χ2v) is 14.9. The fraction of sp³-hybridized carbons (Fsp3) is 0.432. The molecule has 3 aliphatic rings. The summed E-state index contributed by atoms with van der Waals surface area (Å²) in [5.41, 5.74) is 4.91. The van der Waals surface area contributed by atoms with Crippen molar-refractivity contribution in [2.24, 2.45) is 10.8 Å². The molecule has 0 amide bonds. The van der Waals surface area contributed by atoms with E-state index in [2.05, 4.69) is 50.2 Å². The molecule has 0 fully saturated rings. The number of rotatable bonds is 10. The maximum absolute atomic E-state index is 14.1. The molecule has 8 heteroatoms. The number of ketones is 2. The van der Waals surface area contributed by atoms with Crippen LogP contribution in [0.3, 0.4) is 0 Å². The van der Waals surface area contributed by atoms with E-state index < -0.39 is 11.9 Å². The molecule has 0 saturated heterocycles. The number of aliphatic carboxylic acids is 1. The number of methoxy groups -OCH3 is 1. The molecule has 5 rings (SSSR count). The van der Waals surface area contributed by atoms with Gasteiger partial charge in [0.2, 0.25) is 0 Å². The Morgan fingerprint density at radius 3 is 2.09 bits per heavy atom. The van der Waals surface area contributed by atoms with Gasteiger partial charge < -0.3 is 19.5 Å². The minimum Gasteiger partial charge on any atom is -0.493 e. The highest BCUT2D eigenvalue weighted by molar-refractivity contribution is 9.10. The van der Waals surface area contributed by atoms with Gasteiger partial charge in [0.05, 0.1) is 13.5 Å². The van der Waals surface area contributed by atoms with Crippen LogP contribution in [0.25, 0.3) is 0 Å². The van der Waals surface area contributed by atoms with Crippen LogP contribution in [0.4, 0.5) is 0 Å². The van der Waals surface area contributed by atoms with Gasteiger partial charge in [0, 0.05) is 57.9 Å². The number of allylic oxidation sites excluding steroid dienone is 5. The Morgan fingerprint density at radius 2 is 1.58 bits per heavy atom. The Kier molecular flexibility index (Phi) is 9.18. The van der Waals surface area contributed by atoms with Crippen molar-refractivity contribution in [3.63, 3.8) is 0 Å². The van der Waals surface area contributed by atoms with E-state index in [4.69, 9.17) is 9.47 Å². The second kappa shape index (κ2) is 12.6. The second-order valence-electron chi connectivity index (χ2n) is 14.0. The number of halogens is 1. The zero-order valence-electron chi connectivity index (χ0n) is 26.8. The highest BCUT2D eigenvalue weighted by atomic mass is 79.9. The van der Waals surface area contributed by atoms with Gasteiger partial charge in [0.1, 0.15) is 6.61 Å². The third-order valence-corrected chi connectivity index (χ3v) is 9.47. The third-order valence-electron chi connectivity index (χ3n) is 8.94. The Labute approximate surface area is 274 Å². The Hall–Kier alpha value is -3.65. The molecule has 0 aromatic heterocycles. The van der Waals surface area contributed by atoms with E-state index in [1.54, 1.807) is 13.2 Å². The van der Waals surface area contributed by atoms with Crippen LogP contribution >= 0.6 is 15.9 Å². The van der Waals surface area contributed by atoms with Gasteiger partial charge in [-0.1, -0.05) is 67.9 Å². The van der Waals surface area contributed by atoms with Crippen molar-refractivity contribution < 1.29 is 29.0 Å². The first kappa shape index (κ1) is 32.7. The molecular formula is C37H42BrNO6. The largest absolute Gasteiger partial charge is 0.493 e. The van der Waals surface area contributed by atoms with Gasteiger partial charge in [-0.05, 0) is 59.4 Å². The molecule has 7 nitrogen and oxygen atoms in total. The lowest BCUT2D eigenvalue weighted by Gasteiger charge is -2.49. The van der Waals surface area contributed by atoms with Crippen molar-refractivity contribution >= 4 is 33.5 Å². The van der Waals surface area contributed by atoms with Gasteiger partial charge >= 0.3 is 5.97 Å². The molecular weight excluding hydrogens is 634 g/mol. The standard InChI is InChI=1S/C37H42BrNO6/c1-7-8-23-15-24(16-30(44-6)35(23)45-21-22-9-11-25(38)12-10-22)32-33-26(17-36(2,3)19-28(33)40)39(14-13-31(42)43)27-18-37(4,5)20-29(41)34(27)32/h7,9-12,15-16,32H,1,8,13-14,17-21H2,2-6H3,(H,42,43). The lowest BCUT2D eigenvalue weighted by Crippen LogP contribution is -2.45. The summed E-state index contributed by atoms with van der Waals surface area (Å²) in [6.07, 6.45) is 4.13. The lowest BCUT2D eigenvalue weighted by molar-refractivity contribution is -0.137. The molecule has 2 aromatic rings. The molecule has 1 heterocycles. The summed E-state index contributed by atoms with van der Waals surface area (Å²) in [6, 6.07) is 11.8. The van der Waals surface area contributed by atoms with Crippen LogP contribution in [0.15, 0.2) is 76.1 Å². The Morgan fingerprint density at radius 1 is 1.00 bits per heavy atom. The van der Waals surface area contributed by atoms with E-state index in [1.807, 2.05) is 41.3 Å². The molecule has 0 spiro atoms. The predicted octanol–water partition coefficient (Wildman–Crippen LogP) is 7.93. The predicted molar refractivity (Wildman–Crippen MR) is 177 cm³/mol. The Bertz CT molecular complexity index is 1560. The van der Waals surface area contributed by atoms with Gasteiger partial charge in [0.15, 0.2) is 23.1 Å². The monoisotopic (exact) mass is 675 g/mol. The molecule has 0 saturated carbocycles. The van der Waals surface area contributed by atoms with Crippen LogP contribution in [0, 0.1) is 10.8 Å². The highest BCUT2D eigenvalue weighted by Crippen LogP contribution is 2.55. The SMILES string of the molecule is C=CCc1cc(C2C3=C(CC(C)(C)CC3=O)N(CCC(=O)O)C3=C2C(=O)CC(C)(C)C3)cc(OC)c1OCc1ccc(Br)cc1. The van der Waals surface area contributed by atoms with Crippen LogP contribution < -0.4 is 9.47 Å². The lowest BCUT2D eigenvalue weighted by atomic mass is 9.63. The Balaban J connectivity index is 1.70. The molecule has 45 heavy (non-hydrogen) atoms. The van der Waals surface area contributed by atoms with Crippen molar-refractivity contribution in [1.82, 2.24) is 4.90 Å². The van der Waals surface area contributed by atoms with E-state index in [0.717, 1.165) is 32.6 Å². The highest BCUT2D eigenvalue weighted by Gasteiger charge is 2.49. The zero-order chi connectivity index (χ0) is 32.7. The fourth-order valence-corrected chi connectivity index (χ4v) is 7.33. The maximum atomic E-state index is 14.1. The van der Waals surface area contributed by atoms with Gasteiger partial charge in [-0.2, -0.15) is 0 Å². The quantitative estimate of drug-likeness (QED) is 0.256. The number of nitrogens with zero attached hydrogens (tertiary/aromatic N) is 1. The van der Waals surface area contributed by atoms with Gasteiger partial charge in [-0.3, -0.25) is 14.4 Å². The van der Waals surface area contributed by atoms with Crippen LogP contribution in [-0.4, -0.2) is 41.2 Å². The van der Waals surface area contributed by atoms with Crippen molar-refractivity contribution in [2.45, 2.75) is 78.7 Å². The van der Waals surface area contributed by atoms with Crippen LogP contribution in [0.1, 0.15) is 82.4 Å². The van der Waals surface area contributed by atoms with E-state index >= 15 is 0 Å². The van der Waals surface area contributed by atoms with E-state index in [9.17, 15) is 19.5 Å². The van der Waals surface area contributed by atoms with E-state index in [1.165, 1.54) is 0 Å². The van der Waals surface area contributed by atoms with Gasteiger partial charge in [-0.25, -0.2) is 0 Å². The molecule has 2 aliphatic carbocycles. The van der Waals surface area contributed by atoms with Crippen molar-refractivity contribution in [2.75, 3.05) is 13.7 Å². The number of benzene rings is 2. The average Bonchev–Trinajstić information content (AvgIpc) is 2.94. The van der Waals surface area contributed by atoms with Crippen LogP contribution in [0.2, 0.25) is 0 Å². The third kappa shape index (κ3) is 6.81. The summed E-state index contributed by atoms with van der Waals surface area (Å²) < 4.78 is 13.2. The number of carbonyl (C=O) groups excluding carboxylic acids is 2. The number of carbonyl (C=O) groups is 3. The summed E-state index contributed by atoms with van der Waals surface area (Å²) >= 11 is 3.47.